The van der Waals surface area contributed by atoms with Gasteiger partial charge in [0.25, 0.3) is 0 Å². The van der Waals surface area contributed by atoms with E-state index in [2.05, 4.69) is 30.5 Å². The summed E-state index contributed by atoms with van der Waals surface area (Å²) < 4.78 is 0. The summed E-state index contributed by atoms with van der Waals surface area (Å²) in [5.74, 6) is -2.38. The summed E-state index contributed by atoms with van der Waals surface area (Å²) in [5, 5.41) is 7.65. The van der Waals surface area contributed by atoms with Gasteiger partial charge in [0, 0.05) is 0 Å². The summed E-state index contributed by atoms with van der Waals surface area (Å²) in [5.41, 5.74) is 0. The molecular formula is C9H18N4O6. The highest BCUT2D eigenvalue weighted by molar-refractivity contribution is 5.73. The summed E-state index contributed by atoms with van der Waals surface area (Å²) in [6.45, 7) is -0.447. The maximum atomic E-state index is 11.2. The Hall–Kier alpha value is -1.75. The first kappa shape index (κ1) is 17.2. The topological polar surface area (TPSA) is 118 Å². The van der Waals surface area contributed by atoms with E-state index in [4.69, 9.17) is 0 Å². The monoisotopic (exact) mass is 278 g/mol. The van der Waals surface area contributed by atoms with Crippen LogP contribution < -0.4 is 16.0 Å². The zero-order chi connectivity index (χ0) is 14.7. The SMILES string of the molecule is CNCC(=O)ON(OC(=O)CNC)OC(=O)CNC. The van der Waals surface area contributed by atoms with Gasteiger partial charge >= 0.3 is 17.9 Å². The zero-order valence-electron chi connectivity index (χ0n) is 11.0. The van der Waals surface area contributed by atoms with Crippen LogP contribution >= 0.6 is 0 Å². The van der Waals surface area contributed by atoms with Crippen LogP contribution in [0.1, 0.15) is 0 Å². The Bertz CT molecular complexity index is 264. The van der Waals surface area contributed by atoms with Gasteiger partial charge in [-0.3, -0.25) is 14.5 Å². The van der Waals surface area contributed by atoms with Gasteiger partial charge in [0.2, 0.25) is 5.39 Å². The third-order valence-corrected chi connectivity index (χ3v) is 1.49. The first-order valence-electron chi connectivity index (χ1n) is 5.39. The maximum Gasteiger partial charge on any atom is 0.346 e. The Kier molecular flexibility index (Phi) is 9.26. The van der Waals surface area contributed by atoms with E-state index in [9.17, 15) is 14.4 Å². The highest BCUT2D eigenvalue weighted by atomic mass is 17.2. The lowest BCUT2D eigenvalue weighted by Gasteiger charge is -2.17. The Morgan fingerprint density at radius 2 is 1.00 bits per heavy atom. The quantitative estimate of drug-likeness (QED) is 0.385. The van der Waals surface area contributed by atoms with E-state index in [1.807, 2.05) is 0 Å². The second kappa shape index (κ2) is 10.2. The van der Waals surface area contributed by atoms with Crippen molar-refractivity contribution in [2.45, 2.75) is 0 Å². The first-order chi connectivity index (χ1) is 9.03. The Balaban J connectivity index is 4.40. The molecule has 10 nitrogen and oxygen atoms in total. The predicted octanol–water partition coefficient (Wildman–Crippen LogP) is -2.68. The van der Waals surface area contributed by atoms with Gasteiger partial charge in [-0.25, -0.2) is 14.4 Å². The number of carbonyl (C=O) groups excluding carboxylic acids is 3. The van der Waals surface area contributed by atoms with Crippen LogP contribution in [0.3, 0.4) is 0 Å². The normalized spacial score (nSPS) is 10.1. The van der Waals surface area contributed by atoms with Crippen LogP contribution in [0.25, 0.3) is 0 Å². The summed E-state index contributed by atoms with van der Waals surface area (Å²) in [6.07, 6.45) is 0. The van der Waals surface area contributed by atoms with Crippen molar-refractivity contribution < 1.29 is 28.9 Å². The van der Waals surface area contributed by atoms with E-state index in [0.29, 0.717) is 0 Å². The van der Waals surface area contributed by atoms with Crippen LogP contribution in [0.4, 0.5) is 0 Å². The summed E-state index contributed by atoms with van der Waals surface area (Å²) in [7, 11) is 4.56. The molecule has 0 radical (unpaired) electrons. The smallest absolute Gasteiger partial charge is 0.310 e. The molecule has 110 valence electrons. The average molecular weight is 278 g/mol. The van der Waals surface area contributed by atoms with E-state index in [-0.39, 0.29) is 25.0 Å². The molecule has 0 aliphatic rings. The average Bonchev–Trinajstić information content (AvgIpc) is 2.29. The third-order valence-electron chi connectivity index (χ3n) is 1.49. The molecule has 0 bridgehead atoms. The standard InChI is InChI=1S/C9H18N4O6/c1-10-4-7(14)17-13(18-8(15)5-11-2)19-9(16)6-12-3/h10-12H,4-6H2,1-3H3. The molecule has 0 heterocycles. The van der Waals surface area contributed by atoms with Crippen molar-refractivity contribution in [3.05, 3.63) is 0 Å². The lowest BCUT2D eigenvalue weighted by molar-refractivity contribution is -0.463. The zero-order valence-corrected chi connectivity index (χ0v) is 11.0. The molecule has 19 heavy (non-hydrogen) atoms. The molecule has 0 atom stereocenters. The first-order valence-corrected chi connectivity index (χ1v) is 5.39. The van der Waals surface area contributed by atoms with E-state index in [1.54, 1.807) is 0 Å². The van der Waals surface area contributed by atoms with Crippen molar-refractivity contribution in [2.75, 3.05) is 40.8 Å². The number of likely N-dealkylation sites (N-methyl/N-ethyl adjacent to an activating group) is 3. The lowest BCUT2D eigenvalue weighted by atomic mass is 10.7. The third kappa shape index (κ3) is 8.90. The minimum atomic E-state index is -0.794. The van der Waals surface area contributed by atoms with Crippen LogP contribution in [0.2, 0.25) is 0 Å². The van der Waals surface area contributed by atoms with Crippen molar-refractivity contribution in [3.63, 3.8) is 0 Å². The van der Waals surface area contributed by atoms with Gasteiger partial charge in [-0.2, -0.15) is 0 Å². The minimum absolute atomic E-state index is 0.0824. The Labute approximate surface area is 110 Å². The number of nitrogens with zero attached hydrogens (tertiary/aromatic N) is 1. The summed E-state index contributed by atoms with van der Waals surface area (Å²) >= 11 is 0. The molecular weight excluding hydrogens is 260 g/mol. The number of rotatable bonds is 9. The molecule has 0 fully saturated rings. The highest BCUT2D eigenvalue weighted by Gasteiger charge is 2.21. The molecule has 0 aliphatic carbocycles. The minimum Gasteiger partial charge on any atom is -0.310 e. The van der Waals surface area contributed by atoms with Crippen molar-refractivity contribution in [3.8, 4) is 0 Å². The molecule has 3 N–H and O–H groups in total. The van der Waals surface area contributed by atoms with Gasteiger partial charge in [-0.05, 0) is 21.1 Å². The molecule has 0 rings (SSSR count). The van der Waals surface area contributed by atoms with Gasteiger partial charge in [-0.15, -0.1) is 0 Å². The number of hydrogen-bond donors (Lipinski definition) is 3. The van der Waals surface area contributed by atoms with Gasteiger partial charge in [0.1, 0.15) is 0 Å². The van der Waals surface area contributed by atoms with Crippen LogP contribution in [0.5, 0.6) is 0 Å². The Morgan fingerprint density at radius 3 is 1.21 bits per heavy atom. The van der Waals surface area contributed by atoms with E-state index in [1.165, 1.54) is 21.1 Å². The number of hydrogen-bond acceptors (Lipinski definition) is 10. The fourth-order valence-corrected chi connectivity index (χ4v) is 0.835. The molecule has 0 aromatic carbocycles. The van der Waals surface area contributed by atoms with Crippen molar-refractivity contribution in [2.24, 2.45) is 0 Å². The van der Waals surface area contributed by atoms with E-state index >= 15 is 0 Å². The molecule has 10 heteroatoms. The molecule has 0 aromatic heterocycles. The fourth-order valence-electron chi connectivity index (χ4n) is 0.835. The van der Waals surface area contributed by atoms with E-state index < -0.39 is 17.9 Å². The van der Waals surface area contributed by atoms with Crippen molar-refractivity contribution in [1.82, 2.24) is 21.3 Å². The molecule has 0 saturated heterocycles. The number of carbonyl (C=O) groups is 3. The van der Waals surface area contributed by atoms with Crippen molar-refractivity contribution in [1.29, 1.82) is 0 Å². The molecule has 0 aromatic rings. The maximum absolute atomic E-state index is 11.2. The van der Waals surface area contributed by atoms with Crippen LogP contribution in [0, 0.1) is 0 Å². The molecule has 0 aliphatic heterocycles. The van der Waals surface area contributed by atoms with Gasteiger partial charge in [0.15, 0.2) is 0 Å². The molecule has 0 spiro atoms. The Morgan fingerprint density at radius 1 is 0.737 bits per heavy atom. The molecule has 0 unspecified atom stereocenters. The number of nitrogens with one attached hydrogen (secondary N) is 3. The predicted molar refractivity (Wildman–Crippen MR) is 61.9 cm³/mol. The van der Waals surface area contributed by atoms with Gasteiger partial charge < -0.3 is 16.0 Å². The van der Waals surface area contributed by atoms with Crippen LogP contribution in [-0.2, 0) is 28.9 Å². The van der Waals surface area contributed by atoms with Crippen LogP contribution in [-0.4, -0.2) is 64.1 Å². The second-order valence-electron chi connectivity index (χ2n) is 3.20. The van der Waals surface area contributed by atoms with Crippen molar-refractivity contribution >= 4 is 17.9 Å². The lowest BCUT2D eigenvalue weighted by Crippen LogP contribution is -2.39. The fraction of sp³-hybridized carbons (Fsp3) is 0.667. The largest absolute Gasteiger partial charge is 0.346 e. The van der Waals surface area contributed by atoms with E-state index in [0.717, 1.165) is 0 Å². The summed E-state index contributed by atoms with van der Waals surface area (Å²) in [4.78, 5) is 47.1. The molecule has 0 amide bonds. The molecule has 0 saturated carbocycles. The highest BCUT2D eigenvalue weighted by Crippen LogP contribution is 1.97. The van der Waals surface area contributed by atoms with Gasteiger partial charge in [-0.1, -0.05) is 0 Å². The second-order valence-corrected chi connectivity index (χ2v) is 3.20. The summed E-state index contributed by atoms with van der Waals surface area (Å²) in [6, 6.07) is 0. The van der Waals surface area contributed by atoms with Crippen LogP contribution in [0.15, 0.2) is 0 Å². The van der Waals surface area contributed by atoms with Gasteiger partial charge in [0.05, 0.1) is 19.6 Å².